The van der Waals surface area contributed by atoms with Crippen molar-refractivity contribution in [1.82, 2.24) is 5.32 Å². The summed E-state index contributed by atoms with van der Waals surface area (Å²) in [6, 6.07) is 19.5. The number of halogens is 1. The van der Waals surface area contributed by atoms with E-state index in [1.54, 1.807) is 0 Å². The van der Waals surface area contributed by atoms with Crippen molar-refractivity contribution >= 4 is 23.7 Å². The van der Waals surface area contributed by atoms with E-state index in [2.05, 4.69) is 10.6 Å². The van der Waals surface area contributed by atoms with Crippen molar-refractivity contribution in [3.63, 3.8) is 0 Å². The minimum Gasteiger partial charge on any atom is -0.478 e. The van der Waals surface area contributed by atoms with Crippen LogP contribution in [0.1, 0.15) is 34.3 Å². The summed E-state index contributed by atoms with van der Waals surface area (Å²) in [4.78, 5) is 35.3. The fourth-order valence-electron chi connectivity index (χ4n) is 3.99. The minimum absolute atomic E-state index is 0.0155. The number of ether oxygens (including phenoxy) is 1. The Morgan fingerprint density at radius 2 is 1.63 bits per heavy atom. The summed E-state index contributed by atoms with van der Waals surface area (Å²) < 4.78 is 19.9. The molecule has 0 atom stereocenters. The number of hydrogen-bond acceptors (Lipinski definition) is 4. The Morgan fingerprint density at radius 1 is 1.00 bits per heavy atom. The van der Waals surface area contributed by atoms with Crippen molar-refractivity contribution in [1.29, 1.82) is 0 Å². The Kier molecular flexibility index (Phi) is 6.91. The topological polar surface area (TPSA) is 105 Å². The van der Waals surface area contributed by atoms with E-state index in [0.717, 1.165) is 28.3 Å². The first-order chi connectivity index (χ1) is 16.8. The van der Waals surface area contributed by atoms with E-state index in [9.17, 15) is 18.8 Å². The Labute approximate surface area is 201 Å². The molecule has 3 aromatic carbocycles. The summed E-state index contributed by atoms with van der Waals surface area (Å²) in [6.45, 7) is 1.47. The van der Waals surface area contributed by atoms with Gasteiger partial charge in [0.2, 0.25) is 0 Å². The van der Waals surface area contributed by atoms with Gasteiger partial charge in [-0.1, -0.05) is 54.6 Å². The molecule has 35 heavy (non-hydrogen) atoms. The Morgan fingerprint density at radius 3 is 2.23 bits per heavy atom. The van der Waals surface area contributed by atoms with E-state index >= 15 is 0 Å². The number of aliphatic carboxylic acids is 1. The molecule has 1 aliphatic rings. The Bertz CT molecular complexity index is 1290. The number of rotatable bonds is 7. The van der Waals surface area contributed by atoms with Crippen molar-refractivity contribution in [2.45, 2.75) is 12.8 Å². The van der Waals surface area contributed by atoms with Gasteiger partial charge in [0, 0.05) is 23.6 Å². The normalized spacial score (nSPS) is 12.5. The van der Waals surface area contributed by atoms with Gasteiger partial charge in [0.15, 0.2) is 0 Å². The molecule has 178 valence electrons. The largest absolute Gasteiger partial charge is 0.478 e. The predicted molar refractivity (Wildman–Crippen MR) is 129 cm³/mol. The van der Waals surface area contributed by atoms with E-state index < -0.39 is 23.8 Å². The molecule has 3 N–H and O–H groups in total. The van der Waals surface area contributed by atoms with Crippen LogP contribution in [0.4, 0.5) is 14.9 Å². The third kappa shape index (κ3) is 5.22. The lowest BCUT2D eigenvalue weighted by Gasteiger charge is -2.15. The van der Waals surface area contributed by atoms with Crippen molar-refractivity contribution in [3.05, 3.63) is 101 Å². The zero-order valence-corrected chi connectivity index (χ0v) is 18.9. The predicted octanol–water partition coefficient (Wildman–Crippen LogP) is 4.95. The number of benzene rings is 3. The number of carbonyl (C=O) groups is 3. The molecule has 7 nitrogen and oxygen atoms in total. The maximum Gasteiger partial charge on any atom is 0.411 e. The highest BCUT2D eigenvalue weighted by molar-refractivity contribution is 5.95. The van der Waals surface area contributed by atoms with Crippen LogP contribution in [-0.2, 0) is 9.53 Å². The quantitative estimate of drug-likeness (QED) is 0.421. The van der Waals surface area contributed by atoms with Gasteiger partial charge in [0.25, 0.3) is 5.91 Å². The maximum atomic E-state index is 14.5. The number of carbonyl (C=O) groups excluding carboxylic acids is 2. The van der Waals surface area contributed by atoms with E-state index in [1.807, 2.05) is 48.5 Å². The zero-order chi connectivity index (χ0) is 24.9. The fraction of sp³-hybridized carbons (Fsp3) is 0.148. The van der Waals surface area contributed by atoms with Gasteiger partial charge in [-0.3, -0.25) is 10.1 Å². The van der Waals surface area contributed by atoms with Crippen LogP contribution in [0.2, 0.25) is 0 Å². The smallest absolute Gasteiger partial charge is 0.411 e. The number of amides is 2. The van der Waals surface area contributed by atoms with Gasteiger partial charge in [0.1, 0.15) is 12.4 Å². The van der Waals surface area contributed by atoms with Crippen LogP contribution >= 0.6 is 0 Å². The SMILES string of the molecule is C/C(=C\CNC(=O)c1ccc(NC(=O)OCC2c3ccccc3-c3ccccc32)c(F)c1)C(=O)O. The lowest BCUT2D eigenvalue weighted by Crippen LogP contribution is -2.24. The molecule has 3 aromatic rings. The highest BCUT2D eigenvalue weighted by Crippen LogP contribution is 2.44. The molecular weight excluding hydrogens is 451 g/mol. The molecule has 0 saturated heterocycles. The molecule has 0 bridgehead atoms. The highest BCUT2D eigenvalue weighted by Gasteiger charge is 2.29. The first kappa shape index (κ1) is 23.7. The van der Waals surface area contributed by atoms with Crippen molar-refractivity contribution in [3.8, 4) is 11.1 Å². The van der Waals surface area contributed by atoms with Gasteiger partial charge in [-0.25, -0.2) is 14.0 Å². The third-order valence-corrected chi connectivity index (χ3v) is 5.82. The van der Waals surface area contributed by atoms with Crippen molar-refractivity contribution in [2.75, 3.05) is 18.5 Å². The number of nitrogens with one attached hydrogen (secondary N) is 2. The first-order valence-electron chi connectivity index (χ1n) is 10.9. The summed E-state index contributed by atoms with van der Waals surface area (Å²) in [7, 11) is 0. The van der Waals surface area contributed by atoms with E-state index in [1.165, 1.54) is 25.1 Å². The molecule has 2 amide bonds. The average Bonchev–Trinajstić information content (AvgIpc) is 3.17. The molecule has 0 heterocycles. The lowest BCUT2D eigenvalue weighted by atomic mass is 9.98. The summed E-state index contributed by atoms with van der Waals surface area (Å²) >= 11 is 0. The number of carboxylic acid groups (broad SMARTS) is 1. The number of hydrogen-bond donors (Lipinski definition) is 3. The Hall–Kier alpha value is -4.46. The Balaban J connectivity index is 1.36. The minimum atomic E-state index is -1.09. The fourth-order valence-corrected chi connectivity index (χ4v) is 3.99. The van der Waals surface area contributed by atoms with Crippen LogP contribution < -0.4 is 10.6 Å². The lowest BCUT2D eigenvalue weighted by molar-refractivity contribution is -0.132. The van der Waals surface area contributed by atoms with Crippen molar-refractivity contribution < 1.29 is 28.6 Å². The molecule has 0 unspecified atom stereocenters. The molecule has 0 fully saturated rings. The molecule has 0 aromatic heterocycles. The van der Waals surface area contributed by atoms with Crippen LogP contribution in [0.5, 0.6) is 0 Å². The molecule has 0 saturated carbocycles. The van der Waals surface area contributed by atoms with Crippen LogP contribution in [0, 0.1) is 5.82 Å². The van der Waals surface area contributed by atoms with Crippen LogP contribution in [-0.4, -0.2) is 36.2 Å². The van der Waals surface area contributed by atoms with E-state index in [4.69, 9.17) is 9.84 Å². The second kappa shape index (κ2) is 10.2. The average molecular weight is 474 g/mol. The highest BCUT2D eigenvalue weighted by atomic mass is 19.1. The molecule has 1 aliphatic carbocycles. The van der Waals surface area contributed by atoms with Gasteiger partial charge >= 0.3 is 12.1 Å². The number of carboxylic acids is 1. The first-order valence-corrected chi connectivity index (χ1v) is 10.9. The maximum absolute atomic E-state index is 14.5. The van der Waals surface area contributed by atoms with Crippen LogP contribution in [0.3, 0.4) is 0 Å². The summed E-state index contributed by atoms with van der Waals surface area (Å²) in [5, 5.41) is 13.7. The van der Waals surface area contributed by atoms with Gasteiger partial charge in [-0.05, 0) is 47.4 Å². The standard InChI is InChI=1S/C27H23FN2O5/c1-16(26(32)33)12-13-29-25(31)17-10-11-24(23(28)14-17)30-27(34)35-15-22-20-8-4-2-6-18(20)19-7-3-5-9-21(19)22/h2-12,14,22H,13,15H2,1H3,(H,29,31)(H,30,34)(H,32,33)/b16-12+. The van der Waals surface area contributed by atoms with Crippen LogP contribution in [0.15, 0.2) is 78.4 Å². The summed E-state index contributed by atoms with van der Waals surface area (Å²) in [5.41, 5.74) is 4.32. The molecule has 0 spiro atoms. The monoisotopic (exact) mass is 474 g/mol. The molecule has 0 radical (unpaired) electrons. The van der Waals surface area contributed by atoms with Gasteiger partial charge in [0.05, 0.1) is 5.69 Å². The molecule has 4 rings (SSSR count). The van der Waals surface area contributed by atoms with Gasteiger partial charge in [-0.2, -0.15) is 0 Å². The number of fused-ring (bicyclic) bond motifs is 3. The van der Waals surface area contributed by atoms with E-state index in [0.29, 0.717) is 0 Å². The molecular formula is C27H23FN2O5. The van der Waals surface area contributed by atoms with Gasteiger partial charge in [-0.15, -0.1) is 0 Å². The van der Waals surface area contributed by atoms with Crippen molar-refractivity contribution in [2.24, 2.45) is 0 Å². The number of anilines is 1. The van der Waals surface area contributed by atoms with Crippen LogP contribution in [0.25, 0.3) is 11.1 Å². The molecule has 0 aliphatic heterocycles. The third-order valence-electron chi connectivity index (χ3n) is 5.82. The van der Waals surface area contributed by atoms with Gasteiger partial charge < -0.3 is 15.2 Å². The van der Waals surface area contributed by atoms with E-state index in [-0.39, 0.29) is 35.9 Å². The zero-order valence-electron chi connectivity index (χ0n) is 18.9. The summed E-state index contributed by atoms with van der Waals surface area (Å²) in [6.07, 6.45) is 0.529. The second-order valence-electron chi connectivity index (χ2n) is 8.05. The summed E-state index contributed by atoms with van der Waals surface area (Å²) in [5.74, 6) is -2.59. The molecule has 8 heteroatoms. The second-order valence-corrected chi connectivity index (χ2v) is 8.05.